The molecule has 1 atom stereocenters. The summed E-state index contributed by atoms with van der Waals surface area (Å²) in [6.45, 7) is 10.6. The summed E-state index contributed by atoms with van der Waals surface area (Å²) in [4.78, 5) is 15.1. The zero-order valence-corrected chi connectivity index (χ0v) is 19.8. The van der Waals surface area contributed by atoms with Crippen LogP contribution in [-0.2, 0) is 10.2 Å². The van der Waals surface area contributed by atoms with Crippen molar-refractivity contribution in [2.75, 3.05) is 31.5 Å². The Hall–Kier alpha value is -1.35. The molecule has 2 saturated heterocycles. The molecule has 30 heavy (non-hydrogen) atoms. The summed E-state index contributed by atoms with van der Waals surface area (Å²) in [7, 11) is -3.91. The fourth-order valence-corrected chi connectivity index (χ4v) is 5.71. The number of urea groups is 1. The smallest absolute Gasteiger partial charge is 0.307 e. The van der Waals surface area contributed by atoms with Gasteiger partial charge in [0.1, 0.15) is 0 Å². The number of halogens is 1. The molecule has 9 heteroatoms. The highest BCUT2D eigenvalue weighted by Crippen LogP contribution is 2.35. The molecule has 1 aromatic rings. The summed E-state index contributed by atoms with van der Waals surface area (Å²) in [6, 6.07) is 3.14. The number of carbonyl (C=O) groups is 1. The Bertz CT molecular complexity index is 859. The number of fused-ring (bicyclic) bond motifs is 1. The minimum atomic E-state index is -3.91. The van der Waals surface area contributed by atoms with E-state index in [4.69, 9.17) is 11.6 Å². The lowest BCUT2D eigenvalue weighted by Gasteiger charge is -2.43. The summed E-state index contributed by atoms with van der Waals surface area (Å²) < 4.78 is 29.3. The van der Waals surface area contributed by atoms with Gasteiger partial charge in [-0.1, -0.05) is 45.7 Å². The Labute approximate surface area is 185 Å². The molecule has 2 aliphatic heterocycles. The topological polar surface area (TPSA) is 81.8 Å². The minimum absolute atomic E-state index is 0.118. The van der Waals surface area contributed by atoms with E-state index in [9.17, 15) is 13.2 Å². The van der Waals surface area contributed by atoms with Crippen LogP contribution < -0.4 is 10.0 Å². The van der Waals surface area contributed by atoms with Gasteiger partial charge in [-0.2, -0.15) is 12.7 Å². The third kappa shape index (κ3) is 5.28. The summed E-state index contributed by atoms with van der Waals surface area (Å²) in [5, 5.41) is 3.40. The maximum atomic E-state index is 12.9. The summed E-state index contributed by atoms with van der Waals surface area (Å²) in [5.41, 5.74) is 2.40. The van der Waals surface area contributed by atoms with Crippen LogP contribution in [0.5, 0.6) is 0 Å². The second-order valence-corrected chi connectivity index (χ2v) is 11.0. The molecule has 0 bridgehead atoms. The largest absolute Gasteiger partial charge is 0.333 e. The van der Waals surface area contributed by atoms with Crippen LogP contribution in [0.4, 0.5) is 10.5 Å². The third-order valence-electron chi connectivity index (χ3n) is 6.01. The first-order valence-corrected chi connectivity index (χ1v) is 12.6. The van der Waals surface area contributed by atoms with Gasteiger partial charge in [0, 0.05) is 36.4 Å². The van der Waals surface area contributed by atoms with Crippen LogP contribution >= 0.6 is 11.6 Å². The molecule has 0 radical (unpaired) electrons. The van der Waals surface area contributed by atoms with Crippen LogP contribution in [-0.4, -0.2) is 55.9 Å². The number of nitrogens with one attached hydrogen (secondary N) is 2. The zero-order valence-electron chi connectivity index (χ0n) is 18.2. The molecule has 168 valence electrons. The number of hydrogen-bond donors (Lipinski definition) is 2. The molecule has 1 aromatic carbocycles. The number of hydrogen-bond acceptors (Lipinski definition) is 4. The number of benzene rings is 1. The quantitative estimate of drug-likeness (QED) is 0.698. The maximum absolute atomic E-state index is 12.9. The maximum Gasteiger partial charge on any atom is 0.333 e. The Morgan fingerprint density at radius 2 is 1.70 bits per heavy atom. The van der Waals surface area contributed by atoms with Gasteiger partial charge < -0.3 is 5.32 Å². The van der Waals surface area contributed by atoms with Crippen molar-refractivity contribution in [3.05, 3.63) is 28.3 Å². The van der Waals surface area contributed by atoms with E-state index in [-0.39, 0.29) is 17.9 Å². The highest BCUT2D eigenvalue weighted by Gasteiger charge is 2.35. The summed E-state index contributed by atoms with van der Waals surface area (Å²) in [6.07, 6.45) is 3.29. The number of piperidine rings is 1. The number of carbonyl (C=O) groups excluding carboxylic acids is 1. The fraction of sp³-hybridized carbons (Fsp3) is 0.667. The van der Waals surface area contributed by atoms with E-state index in [2.05, 4.69) is 14.9 Å². The van der Waals surface area contributed by atoms with Crippen molar-refractivity contribution in [3.63, 3.8) is 0 Å². The van der Waals surface area contributed by atoms with E-state index in [1.165, 1.54) is 10.7 Å². The molecule has 2 heterocycles. The first-order valence-electron chi connectivity index (χ1n) is 10.7. The van der Waals surface area contributed by atoms with Gasteiger partial charge in [0.25, 0.3) is 0 Å². The molecule has 2 aliphatic rings. The van der Waals surface area contributed by atoms with Gasteiger partial charge in [0.15, 0.2) is 0 Å². The van der Waals surface area contributed by atoms with Crippen LogP contribution in [0.3, 0.4) is 0 Å². The van der Waals surface area contributed by atoms with E-state index in [0.717, 1.165) is 30.5 Å². The van der Waals surface area contributed by atoms with Gasteiger partial charge in [0.05, 0.1) is 0 Å². The van der Waals surface area contributed by atoms with Gasteiger partial charge in [-0.25, -0.2) is 9.52 Å². The highest BCUT2D eigenvalue weighted by atomic mass is 35.5. The van der Waals surface area contributed by atoms with Gasteiger partial charge in [-0.3, -0.25) is 4.90 Å². The second kappa shape index (κ2) is 9.42. The summed E-state index contributed by atoms with van der Waals surface area (Å²) >= 11 is 6.28. The molecule has 7 nitrogen and oxygen atoms in total. The van der Waals surface area contributed by atoms with Crippen molar-refractivity contribution >= 4 is 33.5 Å². The molecular weight excluding hydrogens is 424 g/mol. The third-order valence-corrected chi connectivity index (χ3v) is 7.68. The molecule has 0 saturated carbocycles. The van der Waals surface area contributed by atoms with E-state index in [1.807, 2.05) is 39.8 Å². The standard InChI is InChI=1S/C21H33ClN4O3S/c1-14(2)18-11-16(22)12-19(15(3)4)20(18)23-21(27)24-30(28,29)26-10-9-25-8-6-5-7-17(25)13-26/h11-12,14-15,17H,5-10,13H2,1-4H3,(H2,23,24,27). The SMILES string of the molecule is CC(C)c1cc(Cl)cc(C(C)C)c1NC(=O)NS(=O)(=O)N1CCN2CCCCC2C1. The highest BCUT2D eigenvalue weighted by molar-refractivity contribution is 7.87. The molecule has 1 unspecified atom stereocenters. The number of rotatable bonds is 5. The van der Waals surface area contributed by atoms with E-state index in [1.54, 1.807) is 0 Å². The van der Waals surface area contributed by atoms with Crippen LogP contribution in [0.25, 0.3) is 0 Å². The molecule has 2 fully saturated rings. The average Bonchev–Trinajstić information content (AvgIpc) is 2.67. The molecule has 2 amide bonds. The normalized spacial score (nSPS) is 21.0. The Morgan fingerprint density at radius 3 is 2.30 bits per heavy atom. The lowest BCUT2D eigenvalue weighted by Crippen LogP contribution is -2.58. The first kappa shape index (κ1) is 23.3. The molecule has 2 N–H and O–H groups in total. The predicted octanol–water partition coefficient (Wildman–Crippen LogP) is 4.12. The van der Waals surface area contributed by atoms with Crippen LogP contribution in [0.2, 0.25) is 5.02 Å². The van der Waals surface area contributed by atoms with Crippen molar-refractivity contribution in [2.45, 2.75) is 64.8 Å². The van der Waals surface area contributed by atoms with Crippen LogP contribution in [0, 0.1) is 0 Å². The predicted molar refractivity (Wildman–Crippen MR) is 121 cm³/mol. The lowest BCUT2D eigenvalue weighted by atomic mass is 9.92. The van der Waals surface area contributed by atoms with Gasteiger partial charge in [0.2, 0.25) is 0 Å². The second-order valence-electron chi connectivity index (χ2n) is 8.87. The number of piperazine rings is 1. The van der Waals surface area contributed by atoms with E-state index >= 15 is 0 Å². The number of nitrogens with zero attached hydrogens (tertiary/aromatic N) is 2. The molecular formula is C21H33ClN4O3S. The van der Waals surface area contributed by atoms with Crippen LogP contribution in [0.15, 0.2) is 12.1 Å². The van der Waals surface area contributed by atoms with E-state index < -0.39 is 16.2 Å². The van der Waals surface area contributed by atoms with Crippen molar-refractivity contribution < 1.29 is 13.2 Å². The van der Waals surface area contributed by atoms with Crippen molar-refractivity contribution in [1.29, 1.82) is 0 Å². The summed E-state index contributed by atoms with van der Waals surface area (Å²) in [5.74, 6) is 0.236. The minimum Gasteiger partial charge on any atom is -0.307 e. The molecule has 3 rings (SSSR count). The number of anilines is 1. The van der Waals surface area contributed by atoms with Gasteiger partial charge in [-0.15, -0.1) is 0 Å². The molecule has 0 aromatic heterocycles. The Balaban J connectivity index is 1.75. The fourth-order valence-electron chi connectivity index (χ4n) is 4.37. The van der Waals surface area contributed by atoms with Crippen molar-refractivity contribution in [3.8, 4) is 0 Å². The van der Waals surface area contributed by atoms with Crippen molar-refractivity contribution in [1.82, 2.24) is 13.9 Å². The first-order chi connectivity index (χ1) is 14.1. The number of amides is 2. The Morgan fingerprint density at radius 1 is 1.07 bits per heavy atom. The molecule has 0 spiro atoms. The van der Waals surface area contributed by atoms with Gasteiger partial charge in [-0.05, 0) is 54.5 Å². The van der Waals surface area contributed by atoms with Crippen molar-refractivity contribution in [2.24, 2.45) is 0 Å². The average molecular weight is 457 g/mol. The van der Waals surface area contributed by atoms with E-state index in [0.29, 0.717) is 30.3 Å². The van der Waals surface area contributed by atoms with Crippen LogP contribution in [0.1, 0.15) is 69.9 Å². The molecule has 0 aliphatic carbocycles. The monoisotopic (exact) mass is 456 g/mol. The lowest BCUT2D eigenvalue weighted by molar-refractivity contribution is 0.0848. The van der Waals surface area contributed by atoms with Gasteiger partial charge >= 0.3 is 16.2 Å². The zero-order chi connectivity index (χ0) is 22.1. The Kier molecular flexibility index (Phi) is 7.32.